The Hall–Kier alpha value is -3.60. The molecule has 3 aromatic rings. The van der Waals surface area contributed by atoms with Crippen LogP contribution in [0, 0.1) is 11.3 Å². The molecule has 0 saturated heterocycles. The summed E-state index contributed by atoms with van der Waals surface area (Å²) in [5.41, 5.74) is 0.330. The van der Waals surface area contributed by atoms with E-state index in [9.17, 15) is 13.2 Å². The molecule has 0 amide bonds. The summed E-state index contributed by atoms with van der Waals surface area (Å²) in [7, 11) is 0. The number of anilines is 4. The van der Waals surface area contributed by atoms with Gasteiger partial charge in [-0.3, -0.25) is 0 Å². The highest BCUT2D eigenvalue weighted by Gasteiger charge is 2.33. The van der Waals surface area contributed by atoms with Crippen LogP contribution in [-0.2, 0) is 6.18 Å². The number of rotatable bonds is 4. The Bertz CT molecular complexity index is 946. The van der Waals surface area contributed by atoms with Crippen molar-refractivity contribution in [2.45, 2.75) is 6.18 Å². The zero-order chi connectivity index (χ0) is 18.6. The van der Waals surface area contributed by atoms with Crippen molar-refractivity contribution in [2.75, 3.05) is 10.6 Å². The third-order valence-corrected chi connectivity index (χ3v) is 3.45. The number of benzene rings is 2. The maximum atomic E-state index is 13.1. The van der Waals surface area contributed by atoms with Crippen molar-refractivity contribution in [1.29, 1.82) is 5.26 Å². The molecule has 0 saturated carbocycles. The second-order valence-corrected chi connectivity index (χ2v) is 5.27. The molecule has 130 valence electrons. The predicted octanol–water partition coefficient (Wildman–Crippen LogP) is 4.85. The fourth-order valence-corrected chi connectivity index (χ4v) is 2.25. The van der Waals surface area contributed by atoms with Crippen molar-refractivity contribution in [1.82, 2.24) is 9.97 Å². The van der Waals surface area contributed by atoms with E-state index in [-0.39, 0.29) is 11.5 Å². The number of halogens is 3. The van der Waals surface area contributed by atoms with Gasteiger partial charge in [-0.15, -0.1) is 0 Å². The fourth-order valence-electron chi connectivity index (χ4n) is 2.25. The van der Waals surface area contributed by atoms with E-state index in [4.69, 9.17) is 5.26 Å². The van der Waals surface area contributed by atoms with Crippen molar-refractivity contribution in [3.63, 3.8) is 0 Å². The summed E-state index contributed by atoms with van der Waals surface area (Å²) in [6.45, 7) is 0. The van der Waals surface area contributed by atoms with E-state index < -0.39 is 11.7 Å². The van der Waals surface area contributed by atoms with Crippen molar-refractivity contribution in [3.8, 4) is 6.07 Å². The van der Waals surface area contributed by atoms with Crippen LogP contribution >= 0.6 is 0 Å². The second-order valence-electron chi connectivity index (χ2n) is 5.27. The highest BCUT2D eigenvalue weighted by atomic mass is 19.4. The number of alkyl halides is 3. The van der Waals surface area contributed by atoms with Gasteiger partial charge in [-0.05, 0) is 36.4 Å². The van der Waals surface area contributed by atoms with Gasteiger partial charge in [0.2, 0.25) is 0 Å². The largest absolute Gasteiger partial charge is 0.418 e. The third kappa shape index (κ3) is 4.08. The van der Waals surface area contributed by atoms with Crippen LogP contribution in [0.3, 0.4) is 0 Å². The van der Waals surface area contributed by atoms with Gasteiger partial charge < -0.3 is 10.6 Å². The molecule has 2 aromatic carbocycles. The van der Waals surface area contributed by atoms with Crippen LogP contribution in [0.2, 0.25) is 0 Å². The predicted molar refractivity (Wildman–Crippen MR) is 91.2 cm³/mol. The standard InChI is InChI=1S/C18H12F3N5/c19-18(20,21)14-3-1-2-4-15(14)26-17-9-16(23-11-24-17)25-13-7-5-12(10-22)6-8-13/h1-9,11H,(H2,23,24,25,26). The Morgan fingerprint density at radius 1 is 0.885 bits per heavy atom. The SMILES string of the molecule is N#Cc1ccc(Nc2cc(Nc3ccccc3C(F)(F)F)ncn2)cc1. The molecular formula is C18H12F3N5. The first kappa shape index (κ1) is 17.2. The van der Waals surface area contributed by atoms with Crippen LogP contribution in [0.4, 0.5) is 36.2 Å². The van der Waals surface area contributed by atoms with E-state index >= 15 is 0 Å². The monoisotopic (exact) mass is 355 g/mol. The zero-order valence-corrected chi connectivity index (χ0v) is 13.2. The molecule has 0 aliphatic rings. The molecule has 0 fully saturated rings. The Balaban J connectivity index is 1.81. The van der Waals surface area contributed by atoms with E-state index in [1.807, 2.05) is 6.07 Å². The number of hydrogen-bond donors (Lipinski definition) is 2. The minimum atomic E-state index is -4.47. The topological polar surface area (TPSA) is 73.6 Å². The molecule has 0 radical (unpaired) electrons. The molecule has 0 aliphatic carbocycles. The molecule has 0 bridgehead atoms. The molecule has 5 nitrogen and oxygen atoms in total. The van der Waals surface area contributed by atoms with Crippen molar-refractivity contribution >= 4 is 23.0 Å². The van der Waals surface area contributed by atoms with Crippen LogP contribution in [0.15, 0.2) is 60.9 Å². The lowest BCUT2D eigenvalue weighted by Gasteiger charge is -2.14. The Kier molecular flexibility index (Phi) is 4.71. The zero-order valence-electron chi connectivity index (χ0n) is 13.2. The lowest BCUT2D eigenvalue weighted by molar-refractivity contribution is -0.136. The lowest BCUT2D eigenvalue weighted by Crippen LogP contribution is -2.09. The third-order valence-electron chi connectivity index (χ3n) is 3.45. The first-order valence-electron chi connectivity index (χ1n) is 7.48. The smallest absolute Gasteiger partial charge is 0.340 e. The van der Waals surface area contributed by atoms with Crippen molar-refractivity contribution in [3.05, 3.63) is 72.1 Å². The summed E-state index contributed by atoms with van der Waals surface area (Å²) < 4.78 is 39.2. The van der Waals surface area contributed by atoms with Gasteiger partial charge in [0.05, 0.1) is 22.9 Å². The summed E-state index contributed by atoms with van der Waals surface area (Å²) in [5.74, 6) is 0.615. The summed E-state index contributed by atoms with van der Waals surface area (Å²) in [4.78, 5) is 7.99. The number of nitrogens with zero attached hydrogens (tertiary/aromatic N) is 3. The summed E-state index contributed by atoms with van der Waals surface area (Å²) >= 11 is 0. The van der Waals surface area contributed by atoms with Gasteiger partial charge in [-0.1, -0.05) is 12.1 Å². The lowest BCUT2D eigenvalue weighted by atomic mass is 10.1. The van der Waals surface area contributed by atoms with Gasteiger partial charge in [0.15, 0.2) is 0 Å². The minimum Gasteiger partial charge on any atom is -0.340 e. The number of para-hydroxylation sites is 1. The molecule has 3 rings (SSSR count). The molecule has 0 spiro atoms. The average molecular weight is 355 g/mol. The van der Waals surface area contributed by atoms with Crippen LogP contribution in [0.5, 0.6) is 0 Å². The van der Waals surface area contributed by atoms with E-state index in [0.717, 1.165) is 6.07 Å². The Morgan fingerprint density at radius 2 is 1.54 bits per heavy atom. The van der Waals surface area contributed by atoms with Gasteiger partial charge in [-0.25, -0.2) is 9.97 Å². The first-order valence-corrected chi connectivity index (χ1v) is 7.48. The number of nitrogens with one attached hydrogen (secondary N) is 2. The maximum Gasteiger partial charge on any atom is 0.418 e. The van der Waals surface area contributed by atoms with Gasteiger partial charge in [0, 0.05) is 11.8 Å². The number of hydrogen-bond acceptors (Lipinski definition) is 5. The van der Waals surface area contributed by atoms with Crippen LogP contribution in [-0.4, -0.2) is 9.97 Å². The van der Waals surface area contributed by atoms with E-state index in [1.165, 1.54) is 30.6 Å². The Morgan fingerprint density at radius 3 is 2.19 bits per heavy atom. The molecule has 0 atom stereocenters. The van der Waals surface area contributed by atoms with Gasteiger partial charge >= 0.3 is 6.18 Å². The van der Waals surface area contributed by atoms with Crippen molar-refractivity contribution in [2.24, 2.45) is 0 Å². The van der Waals surface area contributed by atoms with Crippen LogP contribution in [0.1, 0.15) is 11.1 Å². The average Bonchev–Trinajstić information content (AvgIpc) is 2.62. The maximum absolute atomic E-state index is 13.1. The first-order chi connectivity index (χ1) is 12.5. The summed E-state index contributed by atoms with van der Waals surface area (Å²) in [6, 6.07) is 15.4. The summed E-state index contributed by atoms with van der Waals surface area (Å²) in [5, 5.41) is 14.5. The number of nitriles is 1. The summed E-state index contributed by atoms with van der Waals surface area (Å²) in [6.07, 6.45) is -3.23. The van der Waals surface area contributed by atoms with E-state index in [0.29, 0.717) is 17.1 Å². The number of aromatic nitrogens is 2. The van der Waals surface area contributed by atoms with Crippen molar-refractivity contribution < 1.29 is 13.2 Å². The molecule has 1 heterocycles. The van der Waals surface area contributed by atoms with Crippen LogP contribution in [0.25, 0.3) is 0 Å². The normalized spacial score (nSPS) is 10.8. The van der Waals surface area contributed by atoms with Gasteiger partial charge in [0.1, 0.15) is 18.0 Å². The molecule has 1 aromatic heterocycles. The van der Waals surface area contributed by atoms with E-state index in [2.05, 4.69) is 20.6 Å². The van der Waals surface area contributed by atoms with Gasteiger partial charge in [-0.2, -0.15) is 18.4 Å². The highest BCUT2D eigenvalue weighted by Crippen LogP contribution is 2.35. The Labute approximate surface area is 147 Å². The molecular weight excluding hydrogens is 343 g/mol. The van der Waals surface area contributed by atoms with Crippen LogP contribution < -0.4 is 10.6 Å². The highest BCUT2D eigenvalue weighted by molar-refractivity contribution is 5.65. The quantitative estimate of drug-likeness (QED) is 0.699. The second kappa shape index (κ2) is 7.11. The molecule has 0 aliphatic heterocycles. The minimum absolute atomic E-state index is 0.0944. The fraction of sp³-hybridized carbons (Fsp3) is 0.0556. The molecule has 8 heteroatoms. The molecule has 2 N–H and O–H groups in total. The van der Waals surface area contributed by atoms with E-state index in [1.54, 1.807) is 24.3 Å². The van der Waals surface area contributed by atoms with Gasteiger partial charge in [0.25, 0.3) is 0 Å². The molecule has 0 unspecified atom stereocenters. The molecule has 26 heavy (non-hydrogen) atoms.